The second kappa shape index (κ2) is 11.2. The molecule has 7 nitrogen and oxygen atoms in total. The fourth-order valence-corrected chi connectivity index (χ4v) is 4.97. The number of pyridine rings is 2. The van der Waals surface area contributed by atoms with E-state index in [1.165, 1.54) is 11.8 Å². The summed E-state index contributed by atoms with van der Waals surface area (Å²) in [5, 5.41) is 22.7. The van der Waals surface area contributed by atoms with Crippen molar-refractivity contribution in [3.63, 3.8) is 0 Å². The zero-order valence-electron chi connectivity index (χ0n) is 20.8. The molecule has 5 aromatic rings. The Morgan fingerprint density at radius 3 is 2.28 bits per heavy atom. The lowest BCUT2D eigenvalue weighted by atomic mass is 10.0. The number of hydrogen-bond acceptors (Lipinski definition) is 6. The van der Waals surface area contributed by atoms with Gasteiger partial charge in [0.15, 0.2) is 0 Å². The van der Waals surface area contributed by atoms with Gasteiger partial charge in [-0.1, -0.05) is 72.4 Å². The molecule has 0 fully saturated rings. The SMILES string of the molecule is CC(Sc1nc(-c2ccccc2)ccc1C#N)C(=O)Nc1ccc(-c2cc(C(=O)O)c3ccccc3n2)cc1. The van der Waals surface area contributed by atoms with Gasteiger partial charge in [0, 0.05) is 22.2 Å². The van der Waals surface area contributed by atoms with Gasteiger partial charge < -0.3 is 10.4 Å². The predicted molar refractivity (Wildman–Crippen MR) is 152 cm³/mol. The maximum absolute atomic E-state index is 13.0. The minimum absolute atomic E-state index is 0.181. The largest absolute Gasteiger partial charge is 0.478 e. The molecule has 1 amide bonds. The number of fused-ring (bicyclic) bond motifs is 1. The van der Waals surface area contributed by atoms with Crippen LogP contribution < -0.4 is 5.32 Å². The van der Waals surface area contributed by atoms with Crippen molar-refractivity contribution in [3.8, 4) is 28.6 Å². The average Bonchev–Trinajstić information content (AvgIpc) is 2.97. The molecule has 0 saturated heterocycles. The monoisotopic (exact) mass is 530 g/mol. The number of aromatic carboxylic acids is 1. The third-order valence-electron chi connectivity index (χ3n) is 6.10. The normalized spacial score (nSPS) is 11.5. The summed E-state index contributed by atoms with van der Waals surface area (Å²) in [6.07, 6.45) is 0. The van der Waals surface area contributed by atoms with Crippen molar-refractivity contribution in [2.24, 2.45) is 0 Å². The van der Waals surface area contributed by atoms with Crippen LogP contribution in [0.15, 0.2) is 102 Å². The van der Waals surface area contributed by atoms with E-state index in [-0.39, 0.29) is 11.5 Å². The summed E-state index contributed by atoms with van der Waals surface area (Å²) >= 11 is 1.23. The van der Waals surface area contributed by atoms with Crippen molar-refractivity contribution >= 4 is 40.2 Å². The first-order valence-electron chi connectivity index (χ1n) is 12.1. The van der Waals surface area contributed by atoms with E-state index in [0.29, 0.717) is 32.9 Å². The molecule has 39 heavy (non-hydrogen) atoms. The van der Waals surface area contributed by atoms with Crippen LogP contribution in [0.5, 0.6) is 0 Å². The summed E-state index contributed by atoms with van der Waals surface area (Å²) in [5.41, 5.74) is 4.68. The van der Waals surface area contributed by atoms with E-state index in [0.717, 1.165) is 16.8 Å². The Morgan fingerprint density at radius 1 is 0.872 bits per heavy atom. The number of thioether (sulfide) groups is 1. The topological polar surface area (TPSA) is 116 Å². The number of para-hydroxylation sites is 1. The molecular formula is C31H22N4O3S. The number of nitrogens with one attached hydrogen (secondary N) is 1. The van der Waals surface area contributed by atoms with Crippen molar-refractivity contribution in [2.45, 2.75) is 17.2 Å². The predicted octanol–water partition coefficient (Wildman–Crippen LogP) is 6.65. The van der Waals surface area contributed by atoms with Crippen molar-refractivity contribution in [1.29, 1.82) is 5.26 Å². The zero-order chi connectivity index (χ0) is 27.4. The number of hydrogen-bond donors (Lipinski definition) is 2. The molecule has 0 saturated carbocycles. The van der Waals surface area contributed by atoms with Crippen LogP contribution in [0.3, 0.4) is 0 Å². The zero-order valence-corrected chi connectivity index (χ0v) is 21.6. The van der Waals surface area contributed by atoms with E-state index in [4.69, 9.17) is 0 Å². The first-order chi connectivity index (χ1) is 18.9. The van der Waals surface area contributed by atoms with Crippen molar-refractivity contribution in [2.75, 3.05) is 5.32 Å². The number of nitriles is 1. The summed E-state index contributed by atoms with van der Waals surface area (Å²) in [4.78, 5) is 34.0. The van der Waals surface area contributed by atoms with Gasteiger partial charge in [-0.15, -0.1) is 0 Å². The van der Waals surface area contributed by atoms with Gasteiger partial charge in [-0.3, -0.25) is 4.79 Å². The van der Waals surface area contributed by atoms with Gasteiger partial charge >= 0.3 is 5.97 Å². The number of aromatic nitrogens is 2. The van der Waals surface area contributed by atoms with Crippen LogP contribution in [0.25, 0.3) is 33.4 Å². The number of anilines is 1. The van der Waals surface area contributed by atoms with Crippen LogP contribution in [0.4, 0.5) is 5.69 Å². The molecule has 1 atom stereocenters. The van der Waals surface area contributed by atoms with Gasteiger partial charge in [0.2, 0.25) is 5.91 Å². The van der Waals surface area contributed by atoms with E-state index in [2.05, 4.69) is 21.4 Å². The van der Waals surface area contributed by atoms with E-state index >= 15 is 0 Å². The summed E-state index contributed by atoms with van der Waals surface area (Å²) in [7, 11) is 0. The van der Waals surface area contributed by atoms with Gasteiger partial charge in [0.1, 0.15) is 11.1 Å². The summed E-state index contributed by atoms with van der Waals surface area (Å²) in [6, 6.07) is 31.1. The van der Waals surface area contributed by atoms with Gasteiger partial charge in [0.05, 0.1) is 33.3 Å². The van der Waals surface area contributed by atoms with E-state index in [1.807, 2.05) is 36.4 Å². The first kappa shape index (κ1) is 25.6. The molecule has 0 radical (unpaired) electrons. The lowest BCUT2D eigenvalue weighted by Gasteiger charge is -2.14. The Kier molecular flexibility index (Phi) is 7.34. The number of nitrogens with zero attached hydrogens (tertiary/aromatic N) is 3. The summed E-state index contributed by atoms with van der Waals surface area (Å²) in [5.74, 6) is -1.26. The highest BCUT2D eigenvalue weighted by Crippen LogP contribution is 2.30. The van der Waals surface area contributed by atoms with Gasteiger partial charge in [-0.05, 0) is 43.3 Å². The molecule has 1 unspecified atom stereocenters. The Balaban J connectivity index is 1.32. The number of amides is 1. The second-order valence-electron chi connectivity index (χ2n) is 8.73. The van der Waals surface area contributed by atoms with Gasteiger partial charge in [0.25, 0.3) is 0 Å². The molecule has 2 heterocycles. The number of carboxylic acid groups (broad SMARTS) is 1. The number of rotatable bonds is 7. The Hall–Kier alpha value is -5.00. The Bertz CT molecular complexity index is 1730. The molecule has 2 N–H and O–H groups in total. The van der Waals surface area contributed by atoms with Crippen LogP contribution >= 0.6 is 11.8 Å². The van der Waals surface area contributed by atoms with Crippen LogP contribution in [0, 0.1) is 11.3 Å². The van der Waals surface area contributed by atoms with Crippen molar-refractivity contribution in [1.82, 2.24) is 9.97 Å². The molecule has 0 aliphatic carbocycles. The molecule has 190 valence electrons. The van der Waals surface area contributed by atoms with Crippen LogP contribution in [-0.2, 0) is 4.79 Å². The van der Waals surface area contributed by atoms with Crippen molar-refractivity contribution < 1.29 is 14.7 Å². The summed E-state index contributed by atoms with van der Waals surface area (Å²) in [6.45, 7) is 1.76. The molecule has 0 spiro atoms. The molecule has 5 rings (SSSR count). The molecule has 2 aromatic heterocycles. The third kappa shape index (κ3) is 5.64. The molecule has 0 bridgehead atoms. The minimum atomic E-state index is -1.02. The fraction of sp³-hybridized carbons (Fsp3) is 0.0645. The molecule has 0 aliphatic rings. The number of carbonyl (C=O) groups excluding carboxylic acids is 1. The quantitative estimate of drug-likeness (QED) is 0.226. The van der Waals surface area contributed by atoms with Crippen LogP contribution in [0.2, 0.25) is 0 Å². The van der Waals surface area contributed by atoms with Gasteiger partial charge in [-0.2, -0.15) is 5.26 Å². The lowest BCUT2D eigenvalue weighted by Crippen LogP contribution is -2.22. The van der Waals surface area contributed by atoms with E-state index < -0.39 is 11.2 Å². The third-order valence-corrected chi connectivity index (χ3v) is 7.20. The highest BCUT2D eigenvalue weighted by Gasteiger charge is 2.19. The van der Waals surface area contributed by atoms with Crippen LogP contribution in [-0.4, -0.2) is 32.2 Å². The Morgan fingerprint density at radius 2 is 1.56 bits per heavy atom. The molecular weight excluding hydrogens is 508 g/mol. The standard InChI is InChI=1S/C31H22N4O3S/c1-19(39-30-22(18-32)13-16-26(35-30)20-7-3-2-4-8-20)29(36)33-23-14-11-21(12-15-23)28-17-25(31(37)38)24-9-5-6-10-27(24)34-28/h2-17,19H,1H3,(H,33,36)(H,37,38). The molecule has 8 heteroatoms. The lowest BCUT2D eigenvalue weighted by molar-refractivity contribution is -0.115. The second-order valence-corrected chi connectivity index (χ2v) is 10.1. The van der Waals surface area contributed by atoms with Gasteiger partial charge in [-0.25, -0.2) is 14.8 Å². The molecule has 0 aliphatic heterocycles. The highest BCUT2D eigenvalue weighted by atomic mass is 32.2. The van der Waals surface area contributed by atoms with E-state index in [1.54, 1.807) is 67.6 Å². The average molecular weight is 531 g/mol. The van der Waals surface area contributed by atoms with Crippen molar-refractivity contribution in [3.05, 3.63) is 108 Å². The van der Waals surface area contributed by atoms with E-state index in [9.17, 15) is 20.0 Å². The number of carbonyl (C=O) groups is 2. The minimum Gasteiger partial charge on any atom is -0.478 e. The highest BCUT2D eigenvalue weighted by molar-refractivity contribution is 8.00. The van der Waals surface area contributed by atoms with Crippen LogP contribution in [0.1, 0.15) is 22.8 Å². The Labute approximate surface area is 229 Å². The smallest absolute Gasteiger partial charge is 0.336 e. The number of carboxylic acids is 1. The number of benzene rings is 3. The first-order valence-corrected chi connectivity index (χ1v) is 13.0. The summed E-state index contributed by atoms with van der Waals surface area (Å²) < 4.78 is 0. The maximum atomic E-state index is 13.0. The molecule has 3 aromatic carbocycles. The fourth-order valence-electron chi connectivity index (χ4n) is 4.07. The maximum Gasteiger partial charge on any atom is 0.336 e.